The Labute approximate surface area is 207 Å². The topological polar surface area (TPSA) is 94.0 Å². The maximum absolute atomic E-state index is 12.8. The molecule has 1 saturated carbocycles. The third-order valence-electron chi connectivity index (χ3n) is 7.07. The molecule has 0 atom stereocenters. The summed E-state index contributed by atoms with van der Waals surface area (Å²) in [5.41, 5.74) is 3.98. The van der Waals surface area contributed by atoms with E-state index in [0.29, 0.717) is 13.1 Å². The van der Waals surface area contributed by atoms with Crippen molar-refractivity contribution in [1.29, 1.82) is 0 Å². The summed E-state index contributed by atoms with van der Waals surface area (Å²) in [5.74, 6) is 0.143. The first kappa shape index (κ1) is 24.1. The normalized spacial score (nSPS) is 20.3. The number of hydrogen-bond acceptors (Lipinski definition) is 7. The molecule has 2 aromatic rings. The molecule has 1 N–H and O–H groups in total. The van der Waals surface area contributed by atoms with E-state index in [9.17, 15) is 13.2 Å². The van der Waals surface area contributed by atoms with Crippen molar-refractivity contribution >= 4 is 27.6 Å². The summed E-state index contributed by atoms with van der Waals surface area (Å²) >= 11 is 0. The van der Waals surface area contributed by atoms with Gasteiger partial charge in [0, 0.05) is 82.9 Å². The van der Waals surface area contributed by atoms with Gasteiger partial charge in [0.1, 0.15) is 0 Å². The Balaban J connectivity index is 1.17. The zero-order valence-corrected chi connectivity index (χ0v) is 21.4. The average Bonchev–Trinajstić information content (AvgIpc) is 3.59. The quantitative estimate of drug-likeness (QED) is 0.643. The fourth-order valence-corrected chi connectivity index (χ4v) is 5.52. The van der Waals surface area contributed by atoms with Gasteiger partial charge in [-0.25, -0.2) is 13.2 Å². The molecular weight excluding hydrogens is 466 g/mol. The van der Waals surface area contributed by atoms with Crippen LogP contribution in [0.1, 0.15) is 24.0 Å². The van der Waals surface area contributed by atoms with Crippen molar-refractivity contribution < 1.29 is 13.2 Å². The van der Waals surface area contributed by atoms with Gasteiger partial charge in [-0.3, -0.25) is 14.5 Å². The number of aryl methyl sites for hydroxylation is 1. The van der Waals surface area contributed by atoms with E-state index in [1.54, 1.807) is 4.90 Å². The van der Waals surface area contributed by atoms with Gasteiger partial charge in [0.25, 0.3) is 0 Å². The number of aromatic nitrogens is 2. The number of hydrogen-bond donors (Lipinski definition) is 1. The fraction of sp³-hybridized carbons (Fsp3) is 0.583. The van der Waals surface area contributed by atoms with Gasteiger partial charge < -0.3 is 9.80 Å². The number of nitrogens with one attached hydrogen (secondary N) is 1. The number of anilines is 2. The van der Waals surface area contributed by atoms with Gasteiger partial charge in [-0.05, 0) is 37.0 Å². The molecule has 3 heterocycles. The molecule has 0 radical (unpaired) electrons. The number of piperazine rings is 2. The molecule has 1 aromatic carbocycles. The molecule has 0 unspecified atom stereocenters. The van der Waals surface area contributed by atoms with Crippen LogP contribution in [-0.2, 0) is 16.6 Å². The summed E-state index contributed by atoms with van der Waals surface area (Å²) in [5, 5.41) is 4.06. The zero-order chi connectivity index (χ0) is 24.6. The van der Waals surface area contributed by atoms with Crippen LogP contribution in [-0.4, -0.2) is 104 Å². The van der Waals surface area contributed by atoms with Gasteiger partial charge in [0.15, 0.2) is 5.82 Å². The smallest absolute Gasteiger partial charge is 0.344 e. The summed E-state index contributed by atoms with van der Waals surface area (Å²) in [4.78, 5) is 22.2. The highest BCUT2D eigenvalue weighted by atomic mass is 32.2. The van der Waals surface area contributed by atoms with E-state index < -0.39 is 10.0 Å². The number of nitrogens with zero attached hydrogens (tertiary/aromatic N) is 6. The maximum Gasteiger partial charge on any atom is 0.344 e. The second kappa shape index (κ2) is 9.79. The van der Waals surface area contributed by atoms with Gasteiger partial charge in [-0.15, -0.1) is 5.10 Å². The summed E-state index contributed by atoms with van der Waals surface area (Å²) < 4.78 is 26.3. The van der Waals surface area contributed by atoms with Crippen molar-refractivity contribution in [1.82, 2.24) is 24.5 Å². The number of rotatable bonds is 6. The SMILES string of the molecule is Cc1ccc(CN2CCN(C(=O)n3ccc(NS(C)(=O)=O)n3)CC2)c(N2CCN(C3CC3)CC2)c1. The number of carbonyl (C=O) groups excluding carboxylic acids is 1. The van der Waals surface area contributed by atoms with Crippen molar-refractivity contribution in [3.8, 4) is 0 Å². The molecule has 1 aromatic heterocycles. The van der Waals surface area contributed by atoms with E-state index in [2.05, 4.69) is 49.6 Å². The van der Waals surface area contributed by atoms with Gasteiger partial charge in [0.2, 0.25) is 10.0 Å². The molecule has 2 saturated heterocycles. The van der Waals surface area contributed by atoms with Crippen LogP contribution in [0.15, 0.2) is 30.5 Å². The minimum Gasteiger partial charge on any atom is -0.369 e. The minimum absolute atomic E-state index is 0.143. The molecule has 35 heavy (non-hydrogen) atoms. The molecule has 1 amide bonds. The first-order chi connectivity index (χ1) is 16.7. The number of carbonyl (C=O) groups is 1. The predicted molar refractivity (Wildman–Crippen MR) is 136 cm³/mol. The summed E-state index contributed by atoms with van der Waals surface area (Å²) in [6, 6.07) is 8.85. The maximum atomic E-state index is 12.8. The standard InChI is InChI=1S/C24H35N7O3S/c1-19-3-4-20(22(17-19)29-15-13-28(14-16-29)21-5-6-21)18-27-9-11-30(12-10-27)24(32)31-8-7-23(25-31)26-35(2,33)34/h3-4,7-8,17,21H,5-6,9-16,18H2,1-2H3,(H,25,26). The Kier molecular flexibility index (Phi) is 6.73. The molecule has 1 aliphatic carbocycles. The van der Waals surface area contributed by atoms with E-state index >= 15 is 0 Å². The highest BCUT2D eigenvalue weighted by molar-refractivity contribution is 7.92. The number of amides is 1. The van der Waals surface area contributed by atoms with E-state index in [4.69, 9.17) is 0 Å². The molecule has 0 spiro atoms. The summed E-state index contributed by atoms with van der Waals surface area (Å²) in [6.07, 6.45) is 5.27. The van der Waals surface area contributed by atoms with Crippen LogP contribution < -0.4 is 9.62 Å². The van der Waals surface area contributed by atoms with Crippen LogP contribution in [0.4, 0.5) is 16.3 Å². The first-order valence-corrected chi connectivity index (χ1v) is 14.3. The van der Waals surface area contributed by atoms with Crippen LogP contribution in [0.5, 0.6) is 0 Å². The van der Waals surface area contributed by atoms with Gasteiger partial charge >= 0.3 is 6.03 Å². The Morgan fingerprint density at radius 3 is 2.40 bits per heavy atom. The van der Waals surface area contributed by atoms with Crippen molar-refractivity contribution in [3.63, 3.8) is 0 Å². The van der Waals surface area contributed by atoms with Crippen molar-refractivity contribution in [2.45, 2.75) is 32.4 Å². The Bertz CT molecular complexity index is 1160. The van der Waals surface area contributed by atoms with Crippen LogP contribution in [0.2, 0.25) is 0 Å². The highest BCUT2D eigenvalue weighted by Gasteiger charge is 2.32. The molecule has 5 rings (SSSR count). The van der Waals surface area contributed by atoms with E-state index in [-0.39, 0.29) is 11.8 Å². The third-order valence-corrected chi connectivity index (χ3v) is 7.65. The lowest BCUT2D eigenvalue weighted by atomic mass is 10.1. The van der Waals surface area contributed by atoms with Crippen LogP contribution >= 0.6 is 0 Å². The summed E-state index contributed by atoms with van der Waals surface area (Å²) in [6.45, 7) is 10.2. The highest BCUT2D eigenvalue weighted by Crippen LogP contribution is 2.30. The minimum atomic E-state index is -3.43. The lowest BCUT2D eigenvalue weighted by Crippen LogP contribution is -2.50. The molecule has 2 aliphatic heterocycles. The van der Waals surface area contributed by atoms with Crippen molar-refractivity contribution in [2.24, 2.45) is 0 Å². The number of sulfonamides is 1. The molecule has 3 aliphatic rings. The largest absolute Gasteiger partial charge is 0.369 e. The van der Waals surface area contributed by atoms with Gasteiger partial charge in [0.05, 0.1) is 6.26 Å². The monoisotopic (exact) mass is 501 g/mol. The Hall–Kier alpha value is -2.63. The second-order valence-corrected chi connectivity index (χ2v) is 11.7. The lowest BCUT2D eigenvalue weighted by molar-refractivity contribution is 0.134. The Morgan fingerprint density at radius 2 is 1.74 bits per heavy atom. The molecule has 10 nitrogen and oxygen atoms in total. The summed E-state index contributed by atoms with van der Waals surface area (Å²) in [7, 11) is -3.43. The van der Waals surface area contributed by atoms with E-state index in [0.717, 1.165) is 58.1 Å². The average molecular weight is 502 g/mol. The van der Waals surface area contributed by atoms with Crippen LogP contribution in [0.3, 0.4) is 0 Å². The van der Waals surface area contributed by atoms with E-state index in [1.165, 1.54) is 46.6 Å². The van der Waals surface area contributed by atoms with Crippen molar-refractivity contribution in [2.75, 3.05) is 68.2 Å². The van der Waals surface area contributed by atoms with Gasteiger partial charge in [-0.1, -0.05) is 12.1 Å². The van der Waals surface area contributed by atoms with Gasteiger partial charge in [-0.2, -0.15) is 4.68 Å². The van der Waals surface area contributed by atoms with E-state index in [1.807, 2.05) is 0 Å². The number of benzene rings is 1. The van der Waals surface area contributed by atoms with Crippen molar-refractivity contribution in [3.05, 3.63) is 41.6 Å². The molecule has 3 fully saturated rings. The Morgan fingerprint density at radius 1 is 1.03 bits per heavy atom. The molecular formula is C24H35N7O3S. The lowest BCUT2D eigenvalue weighted by Gasteiger charge is -2.38. The molecule has 190 valence electrons. The molecule has 11 heteroatoms. The zero-order valence-electron chi connectivity index (χ0n) is 20.6. The predicted octanol–water partition coefficient (Wildman–Crippen LogP) is 1.63. The van der Waals surface area contributed by atoms with Crippen LogP contribution in [0.25, 0.3) is 0 Å². The molecule has 0 bridgehead atoms. The third kappa shape index (κ3) is 5.96. The first-order valence-electron chi connectivity index (χ1n) is 12.4. The second-order valence-electron chi connectivity index (χ2n) is 9.95. The van der Waals surface area contributed by atoms with Crippen LogP contribution in [0, 0.1) is 6.92 Å². The fourth-order valence-electron chi connectivity index (χ4n) is 5.03.